The molecule has 0 rings (SSSR count). The zero-order chi connectivity index (χ0) is 6.99. The molecule has 0 spiro atoms. The Labute approximate surface area is 48.8 Å². The van der Waals surface area contributed by atoms with Crippen LogP contribution in [0, 0.1) is 0 Å². The van der Waals surface area contributed by atoms with Crippen LogP contribution in [0.2, 0.25) is 0 Å². The van der Waals surface area contributed by atoms with Gasteiger partial charge in [0.1, 0.15) is 0 Å². The van der Waals surface area contributed by atoms with Gasteiger partial charge < -0.3 is 0 Å². The Bertz CT molecular complexity index is 60.7. The second-order valence-corrected chi connectivity index (χ2v) is 0.742. The lowest BCUT2D eigenvalue weighted by molar-refractivity contribution is -0.252. The highest BCUT2D eigenvalue weighted by Gasteiger charge is 1.83. The highest BCUT2D eigenvalue weighted by Crippen LogP contribution is 1.69. The zero-order valence-electron chi connectivity index (χ0n) is 5.14. The molecule has 0 heterocycles. The molecule has 0 aromatic heterocycles. The number of hydrogen-bond acceptors (Lipinski definition) is 3. The van der Waals surface area contributed by atoms with E-state index in [1.807, 2.05) is 0 Å². The van der Waals surface area contributed by atoms with E-state index in [0.717, 1.165) is 0 Å². The van der Waals surface area contributed by atoms with Crippen LogP contribution in [0.5, 0.6) is 0 Å². The van der Waals surface area contributed by atoms with Crippen molar-refractivity contribution in [2.24, 2.45) is 0 Å². The van der Waals surface area contributed by atoms with Gasteiger partial charge in [-0.1, -0.05) is 0 Å². The first-order valence-electron chi connectivity index (χ1n) is 1.98. The van der Waals surface area contributed by atoms with Gasteiger partial charge in [-0.25, -0.2) is 4.79 Å². The summed E-state index contributed by atoms with van der Waals surface area (Å²) in [4.78, 5) is 17.6. The Morgan fingerprint density at radius 1 is 1.50 bits per heavy atom. The molecule has 0 N–H and O–H groups in total. The first kappa shape index (κ1) is 10.2. The molecule has 0 aliphatic rings. The Balaban J connectivity index is 0. The Kier molecular flexibility index (Phi) is 12.1. The van der Waals surface area contributed by atoms with E-state index >= 15 is 0 Å². The Morgan fingerprint density at radius 2 is 1.88 bits per heavy atom. The quantitative estimate of drug-likeness (QED) is 0.291. The minimum absolute atomic E-state index is 0.433. The van der Waals surface area contributed by atoms with Crippen LogP contribution in [-0.4, -0.2) is 13.1 Å². The minimum atomic E-state index is -0.433. The van der Waals surface area contributed by atoms with Gasteiger partial charge in [-0.2, -0.15) is 4.89 Å². The second kappa shape index (κ2) is 9.48. The first-order chi connectivity index (χ1) is 3.77. The van der Waals surface area contributed by atoms with Gasteiger partial charge in [-0.3, -0.25) is 4.89 Å². The molecule has 0 saturated heterocycles. The average molecular weight is 118 g/mol. The predicted octanol–water partition coefficient (Wildman–Crippen LogP) is 0.913. The Hall–Kier alpha value is -0.830. The fourth-order valence-corrected chi connectivity index (χ4v) is 0.117. The number of rotatable bonds is 1. The number of hydrogen-bond donors (Lipinski definition) is 0. The van der Waals surface area contributed by atoms with Crippen LogP contribution in [-0.2, 0) is 14.6 Å². The van der Waals surface area contributed by atoms with Gasteiger partial charge in [0.2, 0.25) is 0 Å². The summed E-state index contributed by atoms with van der Waals surface area (Å²) in [6.45, 7) is 7.27. The molecular formula is C5H10O3. The van der Waals surface area contributed by atoms with E-state index in [2.05, 4.69) is 22.9 Å². The van der Waals surface area contributed by atoms with Crippen molar-refractivity contribution in [3.8, 4) is 0 Å². The van der Waals surface area contributed by atoms with Gasteiger partial charge in [-0.15, -0.1) is 13.2 Å². The van der Waals surface area contributed by atoms with Gasteiger partial charge in [0.05, 0.1) is 7.11 Å². The summed E-state index contributed by atoms with van der Waals surface area (Å²) >= 11 is 0. The molecule has 0 aromatic rings. The molecule has 0 radical (unpaired) electrons. The van der Waals surface area contributed by atoms with Crippen molar-refractivity contribution in [3.63, 3.8) is 0 Å². The topological polar surface area (TPSA) is 35.5 Å². The van der Waals surface area contributed by atoms with Crippen molar-refractivity contribution >= 4 is 5.97 Å². The van der Waals surface area contributed by atoms with Crippen LogP contribution in [0.3, 0.4) is 0 Å². The third kappa shape index (κ3) is 19.1. The van der Waals surface area contributed by atoms with Crippen LogP contribution >= 0.6 is 0 Å². The van der Waals surface area contributed by atoms with Crippen molar-refractivity contribution in [2.45, 2.75) is 6.92 Å². The van der Waals surface area contributed by atoms with Gasteiger partial charge in [0.25, 0.3) is 0 Å². The number of carbonyl (C=O) groups is 1. The molecule has 0 amide bonds. The van der Waals surface area contributed by atoms with Crippen molar-refractivity contribution in [1.29, 1.82) is 0 Å². The molecular weight excluding hydrogens is 108 g/mol. The third-order valence-electron chi connectivity index (χ3n) is 0.201. The maximum atomic E-state index is 9.70. The molecule has 0 bridgehead atoms. The second-order valence-electron chi connectivity index (χ2n) is 0.742. The average Bonchev–Trinajstić information content (AvgIpc) is 1.72. The van der Waals surface area contributed by atoms with E-state index in [9.17, 15) is 4.79 Å². The maximum absolute atomic E-state index is 9.70. The van der Waals surface area contributed by atoms with E-state index in [1.165, 1.54) is 14.0 Å². The molecule has 0 fully saturated rings. The normalized spacial score (nSPS) is 6.25. The SMILES string of the molecule is C=C.COOC(C)=O. The summed E-state index contributed by atoms with van der Waals surface area (Å²) in [5.41, 5.74) is 0. The highest BCUT2D eigenvalue weighted by molar-refractivity contribution is 5.65. The van der Waals surface area contributed by atoms with Crippen LogP contribution in [0.1, 0.15) is 6.92 Å². The van der Waals surface area contributed by atoms with Crippen LogP contribution in [0.15, 0.2) is 13.2 Å². The van der Waals surface area contributed by atoms with E-state index in [1.54, 1.807) is 0 Å². The lowest BCUT2D eigenvalue weighted by Crippen LogP contribution is -1.94. The molecule has 0 saturated carbocycles. The fraction of sp³-hybridized carbons (Fsp3) is 0.400. The summed E-state index contributed by atoms with van der Waals surface area (Å²) < 4.78 is 0. The van der Waals surface area contributed by atoms with Crippen LogP contribution in [0.4, 0.5) is 0 Å². The molecule has 3 nitrogen and oxygen atoms in total. The largest absolute Gasteiger partial charge is 0.339 e. The lowest BCUT2D eigenvalue weighted by atomic mass is 10.8. The summed E-state index contributed by atoms with van der Waals surface area (Å²) in [5.74, 6) is -0.433. The van der Waals surface area contributed by atoms with Gasteiger partial charge in [-0.05, 0) is 0 Å². The number of carbonyl (C=O) groups excluding carboxylic acids is 1. The van der Waals surface area contributed by atoms with Crippen molar-refractivity contribution < 1.29 is 14.6 Å². The standard InChI is InChI=1S/C3H6O3.C2H4/c1-3(4)6-5-2;1-2/h1-2H3;1-2H2. The molecule has 48 valence electrons. The molecule has 0 aromatic carbocycles. The molecule has 0 unspecified atom stereocenters. The third-order valence-corrected chi connectivity index (χ3v) is 0.201. The van der Waals surface area contributed by atoms with Gasteiger partial charge in [0.15, 0.2) is 0 Å². The summed E-state index contributed by atoms with van der Waals surface area (Å²) in [7, 11) is 1.28. The lowest BCUT2D eigenvalue weighted by Gasteiger charge is -1.87. The smallest absolute Gasteiger partial charge is 0.299 e. The minimum Gasteiger partial charge on any atom is -0.299 e. The zero-order valence-corrected chi connectivity index (χ0v) is 5.14. The van der Waals surface area contributed by atoms with Crippen LogP contribution in [0.25, 0.3) is 0 Å². The van der Waals surface area contributed by atoms with Crippen molar-refractivity contribution in [2.75, 3.05) is 7.11 Å². The fourth-order valence-electron chi connectivity index (χ4n) is 0.117. The monoisotopic (exact) mass is 118 g/mol. The van der Waals surface area contributed by atoms with E-state index in [0.29, 0.717) is 0 Å². The van der Waals surface area contributed by atoms with Gasteiger partial charge in [0, 0.05) is 6.92 Å². The molecule has 0 aliphatic carbocycles. The van der Waals surface area contributed by atoms with Crippen LogP contribution < -0.4 is 0 Å². The Morgan fingerprint density at radius 3 is 1.88 bits per heavy atom. The maximum Gasteiger partial charge on any atom is 0.339 e. The molecule has 8 heavy (non-hydrogen) atoms. The van der Waals surface area contributed by atoms with Gasteiger partial charge >= 0.3 is 5.97 Å². The summed E-state index contributed by atoms with van der Waals surface area (Å²) in [6, 6.07) is 0. The summed E-state index contributed by atoms with van der Waals surface area (Å²) in [6.07, 6.45) is 0. The van der Waals surface area contributed by atoms with Crippen molar-refractivity contribution in [3.05, 3.63) is 13.2 Å². The summed E-state index contributed by atoms with van der Waals surface area (Å²) in [5, 5.41) is 0. The molecule has 0 aliphatic heterocycles. The van der Waals surface area contributed by atoms with E-state index < -0.39 is 5.97 Å². The van der Waals surface area contributed by atoms with Crippen molar-refractivity contribution in [1.82, 2.24) is 0 Å². The predicted molar refractivity (Wildman–Crippen MR) is 30.0 cm³/mol. The molecule has 3 heteroatoms. The highest BCUT2D eigenvalue weighted by atomic mass is 17.2. The first-order valence-corrected chi connectivity index (χ1v) is 1.98. The molecule has 0 atom stereocenters. The van der Waals surface area contributed by atoms with E-state index in [4.69, 9.17) is 0 Å². The van der Waals surface area contributed by atoms with E-state index in [-0.39, 0.29) is 0 Å².